The average molecular weight is 307 g/mol. The fourth-order valence-electron chi connectivity index (χ4n) is 2.14. The molecule has 1 aliphatic heterocycles. The maximum absolute atomic E-state index is 12.0. The number of nitro benzene ring substituents is 1. The number of hydrogen-bond donors (Lipinski definition) is 1. The molecule has 1 fully saturated rings. The van der Waals surface area contributed by atoms with Crippen LogP contribution < -0.4 is 10.2 Å². The van der Waals surface area contributed by atoms with E-state index in [0.29, 0.717) is 32.0 Å². The topological polar surface area (TPSA) is 102 Å². The number of nitro groups is 1. The van der Waals surface area contributed by atoms with E-state index in [4.69, 9.17) is 4.74 Å². The lowest BCUT2D eigenvalue weighted by molar-refractivity contribution is -0.384. The van der Waals surface area contributed by atoms with Gasteiger partial charge in [0.25, 0.3) is 11.6 Å². The van der Waals surface area contributed by atoms with Gasteiger partial charge in [0.2, 0.25) is 0 Å². The van der Waals surface area contributed by atoms with E-state index in [1.165, 1.54) is 19.1 Å². The van der Waals surface area contributed by atoms with Crippen molar-refractivity contribution >= 4 is 23.1 Å². The van der Waals surface area contributed by atoms with Crippen molar-refractivity contribution in [2.75, 3.05) is 37.7 Å². The third-order valence-corrected chi connectivity index (χ3v) is 3.25. The van der Waals surface area contributed by atoms with E-state index in [1.54, 1.807) is 6.07 Å². The van der Waals surface area contributed by atoms with Crippen LogP contribution in [0.5, 0.6) is 0 Å². The van der Waals surface area contributed by atoms with Gasteiger partial charge in [-0.15, -0.1) is 0 Å². The van der Waals surface area contributed by atoms with E-state index in [-0.39, 0.29) is 23.6 Å². The van der Waals surface area contributed by atoms with Crippen LogP contribution in [0.25, 0.3) is 0 Å². The number of morpholine rings is 1. The molecule has 1 aromatic rings. The van der Waals surface area contributed by atoms with E-state index >= 15 is 0 Å². The summed E-state index contributed by atoms with van der Waals surface area (Å²) in [7, 11) is 0. The molecule has 1 saturated heterocycles. The highest BCUT2D eigenvalue weighted by molar-refractivity contribution is 5.97. The number of ether oxygens (including phenoxy) is 1. The van der Waals surface area contributed by atoms with Crippen molar-refractivity contribution in [3.8, 4) is 0 Å². The second-order valence-electron chi connectivity index (χ2n) is 4.98. The maximum atomic E-state index is 12.0. The van der Waals surface area contributed by atoms with Crippen molar-refractivity contribution in [3.05, 3.63) is 33.9 Å². The Morgan fingerprint density at radius 2 is 2.00 bits per heavy atom. The predicted octanol–water partition coefficient (Wildman–Crippen LogP) is 0.750. The van der Waals surface area contributed by atoms with E-state index in [2.05, 4.69) is 5.32 Å². The summed E-state index contributed by atoms with van der Waals surface area (Å²) in [6.07, 6.45) is 0. The Morgan fingerprint density at radius 1 is 1.32 bits per heavy atom. The molecule has 0 radical (unpaired) electrons. The summed E-state index contributed by atoms with van der Waals surface area (Å²) >= 11 is 0. The third kappa shape index (κ3) is 4.01. The molecule has 1 heterocycles. The summed E-state index contributed by atoms with van der Waals surface area (Å²) in [6.45, 7) is 3.54. The van der Waals surface area contributed by atoms with Crippen LogP contribution in [0.4, 0.5) is 11.4 Å². The van der Waals surface area contributed by atoms with Gasteiger partial charge >= 0.3 is 0 Å². The molecule has 0 atom stereocenters. The Kier molecular flexibility index (Phi) is 5.05. The summed E-state index contributed by atoms with van der Waals surface area (Å²) in [5, 5.41) is 13.5. The van der Waals surface area contributed by atoms with E-state index < -0.39 is 10.8 Å². The maximum Gasteiger partial charge on any atom is 0.272 e. The monoisotopic (exact) mass is 307 g/mol. The van der Waals surface area contributed by atoms with Crippen molar-refractivity contribution in [2.45, 2.75) is 6.92 Å². The van der Waals surface area contributed by atoms with Crippen molar-refractivity contribution in [3.63, 3.8) is 0 Å². The van der Waals surface area contributed by atoms with Crippen LogP contribution in [0.3, 0.4) is 0 Å². The SMILES string of the molecule is CC(=O)CNC(=O)c1cc(N2CCOCC2)cc([N+](=O)[O-])c1. The molecule has 1 aromatic carbocycles. The van der Waals surface area contributed by atoms with Gasteiger partial charge in [0.05, 0.1) is 24.7 Å². The molecule has 8 heteroatoms. The smallest absolute Gasteiger partial charge is 0.272 e. The molecule has 0 bridgehead atoms. The van der Waals surface area contributed by atoms with Crippen LogP contribution in [-0.4, -0.2) is 49.5 Å². The number of anilines is 1. The standard InChI is InChI=1S/C14H17N3O5/c1-10(18)9-15-14(19)11-6-12(8-13(7-11)17(20)21)16-2-4-22-5-3-16/h6-8H,2-5,9H2,1H3,(H,15,19). The predicted molar refractivity (Wildman–Crippen MR) is 79.1 cm³/mol. The van der Waals surface area contributed by atoms with Gasteiger partial charge in [-0.2, -0.15) is 0 Å². The lowest BCUT2D eigenvalue weighted by Crippen LogP contribution is -2.36. The minimum absolute atomic E-state index is 0.103. The number of hydrogen-bond acceptors (Lipinski definition) is 6. The first kappa shape index (κ1) is 15.9. The molecule has 0 aliphatic carbocycles. The molecule has 8 nitrogen and oxygen atoms in total. The van der Waals surface area contributed by atoms with Gasteiger partial charge < -0.3 is 15.0 Å². The second kappa shape index (κ2) is 6.99. The first-order chi connectivity index (χ1) is 10.5. The normalized spacial score (nSPS) is 14.5. The summed E-state index contributed by atoms with van der Waals surface area (Å²) in [5.41, 5.74) is 0.611. The highest BCUT2D eigenvalue weighted by Crippen LogP contribution is 2.25. The fourth-order valence-corrected chi connectivity index (χ4v) is 2.14. The first-order valence-corrected chi connectivity index (χ1v) is 6.87. The van der Waals surface area contributed by atoms with E-state index in [0.717, 1.165) is 0 Å². The molecule has 0 spiro atoms. The number of nitrogens with one attached hydrogen (secondary N) is 1. The number of amides is 1. The van der Waals surface area contributed by atoms with Crippen LogP contribution in [0.2, 0.25) is 0 Å². The molecule has 1 aliphatic rings. The summed E-state index contributed by atoms with van der Waals surface area (Å²) in [5.74, 6) is -0.694. The molecular weight excluding hydrogens is 290 g/mol. The van der Waals surface area contributed by atoms with Gasteiger partial charge in [-0.1, -0.05) is 0 Å². The molecule has 0 unspecified atom stereocenters. The number of ketones is 1. The number of nitrogens with zero attached hydrogens (tertiary/aromatic N) is 2. The molecule has 0 aromatic heterocycles. The summed E-state index contributed by atoms with van der Waals surface area (Å²) in [4.78, 5) is 35.4. The van der Waals surface area contributed by atoms with Crippen molar-refractivity contribution < 1.29 is 19.2 Å². The van der Waals surface area contributed by atoms with Crippen LogP contribution in [0.1, 0.15) is 17.3 Å². The minimum atomic E-state index is -0.536. The average Bonchev–Trinajstić information content (AvgIpc) is 2.52. The Labute approximate surface area is 127 Å². The van der Waals surface area contributed by atoms with Crippen molar-refractivity contribution in [2.24, 2.45) is 0 Å². The number of benzene rings is 1. The molecule has 118 valence electrons. The van der Waals surface area contributed by atoms with Crippen LogP contribution in [-0.2, 0) is 9.53 Å². The molecular formula is C14H17N3O5. The second-order valence-corrected chi connectivity index (χ2v) is 4.98. The summed E-state index contributed by atoms with van der Waals surface area (Å²) in [6, 6.07) is 4.24. The number of carbonyl (C=O) groups excluding carboxylic acids is 2. The van der Waals surface area contributed by atoms with Gasteiger partial charge in [-0.05, 0) is 13.0 Å². The number of Topliss-reactive ketones (excluding diaryl/α,β-unsaturated/α-hetero) is 1. The largest absolute Gasteiger partial charge is 0.378 e. The molecule has 22 heavy (non-hydrogen) atoms. The van der Waals surface area contributed by atoms with Gasteiger partial charge in [0.15, 0.2) is 0 Å². The van der Waals surface area contributed by atoms with Crippen LogP contribution >= 0.6 is 0 Å². The van der Waals surface area contributed by atoms with Gasteiger partial charge in [-0.25, -0.2) is 0 Å². The van der Waals surface area contributed by atoms with Crippen molar-refractivity contribution in [1.29, 1.82) is 0 Å². The van der Waals surface area contributed by atoms with Crippen LogP contribution in [0, 0.1) is 10.1 Å². The van der Waals surface area contributed by atoms with Gasteiger partial charge in [0, 0.05) is 36.5 Å². The lowest BCUT2D eigenvalue weighted by Gasteiger charge is -2.29. The Morgan fingerprint density at radius 3 is 2.59 bits per heavy atom. The summed E-state index contributed by atoms with van der Waals surface area (Å²) < 4.78 is 5.25. The fraction of sp³-hybridized carbons (Fsp3) is 0.429. The highest BCUT2D eigenvalue weighted by Gasteiger charge is 2.19. The lowest BCUT2D eigenvalue weighted by atomic mass is 10.1. The van der Waals surface area contributed by atoms with E-state index in [1.807, 2.05) is 4.90 Å². The zero-order chi connectivity index (χ0) is 16.1. The molecule has 1 amide bonds. The molecule has 2 rings (SSSR count). The minimum Gasteiger partial charge on any atom is -0.378 e. The molecule has 1 N–H and O–H groups in total. The van der Waals surface area contributed by atoms with Gasteiger partial charge in [0.1, 0.15) is 5.78 Å². The zero-order valence-corrected chi connectivity index (χ0v) is 12.2. The first-order valence-electron chi connectivity index (χ1n) is 6.87. The quantitative estimate of drug-likeness (QED) is 0.636. The molecule has 0 saturated carbocycles. The van der Waals surface area contributed by atoms with E-state index in [9.17, 15) is 19.7 Å². The number of carbonyl (C=O) groups is 2. The van der Waals surface area contributed by atoms with Gasteiger partial charge in [-0.3, -0.25) is 19.7 Å². The van der Waals surface area contributed by atoms with Crippen LogP contribution in [0.15, 0.2) is 18.2 Å². The zero-order valence-electron chi connectivity index (χ0n) is 12.2. The Bertz CT molecular complexity index is 596. The number of rotatable bonds is 5. The Hall–Kier alpha value is -2.48. The third-order valence-electron chi connectivity index (χ3n) is 3.25. The van der Waals surface area contributed by atoms with Crippen molar-refractivity contribution in [1.82, 2.24) is 5.32 Å². The highest BCUT2D eigenvalue weighted by atomic mass is 16.6. The number of non-ortho nitro benzene ring substituents is 1. The Balaban J connectivity index is 2.28.